The first-order valence-electron chi connectivity index (χ1n) is 1.82. The van der Waals surface area contributed by atoms with Crippen molar-refractivity contribution in [1.29, 1.82) is 0 Å². The van der Waals surface area contributed by atoms with Crippen molar-refractivity contribution in [3.05, 3.63) is 0 Å². The molecule has 0 saturated carbocycles. The summed E-state index contributed by atoms with van der Waals surface area (Å²) in [6.45, 7) is 1.94. The predicted molar refractivity (Wildman–Crippen MR) is 26.4 cm³/mol. The summed E-state index contributed by atoms with van der Waals surface area (Å²) in [7, 11) is 0. The van der Waals surface area contributed by atoms with E-state index in [1.165, 1.54) is 0 Å². The zero-order valence-corrected chi connectivity index (χ0v) is 9.01. The molecular weight excluding hydrogens is 191 g/mol. The summed E-state index contributed by atoms with van der Waals surface area (Å²) in [4.78, 5) is 17.8. The molecular formula is C4H9NO4Zn. The van der Waals surface area contributed by atoms with Gasteiger partial charge in [-0.25, -0.2) is 0 Å². The van der Waals surface area contributed by atoms with Crippen LogP contribution in [0.25, 0.3) is 0 Å². The maximum Gasteiger partial charge on any atom is 2.00 e. The van der Waals surface area contributed by atoms with E-state index in [-0.39, 0.29) is 25.6 Å². The average molecular weight is 201 g/mol. The van der Waals surface area contributed by atoms with Gasteiger partial charge in [-0.1, -0.05) is 0 Å². The second-order valence-electron chi connectivity index (χ2n) is 0.983. The van der Waals surface area contributed by atoms with Gasteiger partial charge in [-0.15, -0.1) is 0 Å². The summed E-state index contributed by atoms with van der Waals surface area (Å²) < 4.78 is 0. The van der Waals surface area contributed by atoms with E-state index in [1.807, 2.05) is 0 Å². The molecule has 0 bridgehead atoms. The van der Waals surface area contributed by atoms with Crippen LogP contribution in [0, 0.1) is 0 Å². The number of rotatable bonds is 0. The van der Waals surface area contributed by atoms with E-state index in [1.54, 1.807) is 0 Å². The smallest absolute Gasteiger partial charge is 0.550 e. The van der Waals surface area contributed by atoms with Gasteiger partial charge < -0.3 is 26.0 Å². The van der Waals surface area contributed by atoms with Crippen molar-refractivity contribution in [1.82, 2.24) is 6.15 Å². The maximum atomic E-state index is 8.89. The third kappa shape index (κ3) is 1410. The van der Waals surface area contributed by atoms with Crippen molar-refractivity contribution >= 4 is 11.9 Å². The van der Waals surface area contributed by atoms with E-state index in [2.05, 4.69) is 0 Å². The third-order valence-corrected chi connectivity index (χ3v) is 0. The molecule has 0 aromatic carbocycles. The molecule has 56 valence electrons. The predicted octanol–water partition coefficient (Wildman–Crippen LogP) is -2.33. The number of carbonyl (C=O) groups excluding carboxylic acids is 2. The van der Waals surface area contributed by atoms with E-state index in [0.29, 0.717) is 0 Å². The molecule has 0 aliphatic carbocycles. The van der Waals surface area contributed by atoms with Crippen LogP contribution < -0.4 is 16.4 Å². The van der Waals surface area contributed by atoms with Crippen LogP contribution in [0.4, 0.5) is 0 Å². The van der Waals surface area contributed by atoms with Crippen LogP contribution in [0.15, 0.2) is 0 Å². The number of carboxylic acids is 2. The standard InChI is InChI=1S/2C2H4O2.H3N.Zn/c2*1-2(3)4;;/h2*1H3,(H,3,4);1H3;/q;;;+2/p-2. The molecule has 0 radical (unpaired) electrons. The minimum Gasteiger partial charge on any atom is -0.550 e. The molecule has 10 heavy (non-hydrogen) atoms. The molecule has 3 N–H and O–H groups in total. The van der Waals surface area contributed by atoms with Crippen molar-refractivity contribution in [2.75, 3.05) is 0 Å². The Morgan fingerprint density at radius 1 is 1.00 bits per heavy atom. The molecule has 0 unspecified atom stereocenters. The number of hydrogen-bond acceptors (Lipinski definition) is 5. The minimum atomic E-state index is -1.08. The monoisotopic (exact) mass is 199 g/mol. The number of aliphatic carboxylic acids is 2. The molecule has 0 fully saturated rings. The molecule has 0 aliphatic heterocycles. The Hall–Kier alpha value is -0.477. The van der Waals surface area contributed by atoms with E-state index in [9.17, 15) is 0 Å². The summed E-state index contributed by atoms with van der Waals surface area (Å²) in [5.74, 6) is -2.17. The van der Waals surface area contributed by atoms with Gasteiger partial charge in [-0.05, 0) is 13.8 Å². The average Bonchev–Trinajstić information content (AvgIpc) is 1.25. The summed E-state index contributed by atoms with van der Waals surface area (Å²) in [6.07, 6.45) is 0. The number of carboxylic acid groups (broad SMARTS) is 2. The van der Waals surface area contributed by atoms with E-state index in [0.717, 1.165) is 13.8 Å². The first-order valence-corrected chi connectivity index (χ1v) is 1.82. The van der Waals surface area contributed by atoms with Crippen LogP contribution in [0.5, 0.6) is 0 Å². The fourth-order valence-corrected chi connectivity index (χ4v) is 0. The van der Waals surface area contributed by atoms with E-state index in [4.69, 9.17) is 19.8 Å². The molecule has 0 rings (SSSR count). The zero-order chi connectivity index (χ0) is 7.15. The van der Waals surface area contributed by atoms with Crippen molar-refractivity contribution in [2.45, 2.75) is 13.8 Å². The van der Waals surface area contributed by atoms with Gasteiger partial charge in [0.15, 0.2) is 0 Å². The van der Waals surface area contributed by atoms with Crippen molar-refractivity contribution in [3.63, 3.8) is 0 Å². The van der Waals surface area contributed by atoms with Gasteiger partial charge in [0.25, 0.3) is 0 Å². The third-order valence-electron chi connectivity index (χ3n) is 0. The Labute approximate surface area is 71.8 Å². The molecule has 0 spiro atoms. The van der Waals surface area contributed by atoms with Gasteiger partial charge in [0.05, 0.1) is 0 Å². The van der Waals surface area contributed by atoms with Crippen molar-refractivity contribution in [3.8, 4) is 0 Å². The van der Waals surface area contributed by atoms with Gasteiger partial charge in [0.2, 0.25) is 0 Å². The van der Waals surface area contributed by atoms with E-state index < -0.39 is 11.9 Å². The Morgan fingerprint density at radius 3 is 1.00 bits per heavy atom. The molecule has 6 heteroatoms. The number of carbonyl (C=O) groups is 2. The van der Waals surface area contributed by atoms with Crippen LogP contribution in [0.1, 0.15) is 13.8 Å². The first-order chi connectivity index (χ1) is 3.46. The molecule has 0 amide bonds. The summed E-state index contributed by atoms with van der Waals surface area (Å²) in [5, 5.41) is 17.8. The molecule has 0 saturated heterocycles. The second kappa shape index (κ2) is 15.8. The van der Waals surface area contributed by atoms with Crippen LogP contribution in [0.3, 0.4) is 0 Å². The maximum absolute atomic E-state index is 8.89. The van der Waals surface area contributed by atoms with E-state index >= 15 is 0 Å². The Kier molecular flexibility index (Phi) is 35.9. The molecule has 0 aromatic rings. The Bertz CT molecular complexity index is 75.3. The van der Waals surface area contributed by atoms with Gasteiger partial charge in [0, 0.05) is 11.9 Å². The van der Waals surface area contributed by atoms with Crippen LogP contribution >= 0.6 is 0 Å². The van der Waals surface area contributed by atoms with Gasteiger partial charge in [-0.2, -0.15) is 0 Å². The SMILES string of the molecule is CC(=O)[O-].CC(=O)[O-].N.[Zn+2]. The van der Waals surface area contributed by atoms with Gasteiger partial charge >= 0.3 is 19.5 Å². The molecule has 0 aliphatic rings. The molecule has 0 atom stereocenters. The summed E-state index contributed by atoms with van der Waals surface area (Å²) in [6, 6.07) is 0. The topological polar surface area (TPSA) is 115 Å². The van der Waals surface area contributed by atoms with Gasteiger partial charge in [-0.3, -0.25) is 0 Å². The first kappa shape index (κ1) is 22.7. The van der Waals surface area contributed by atoms with Crippen LogP contribution in [0.2, 0.25) is 0 Å². The zero-order valence-electron chi connectivity index (χ0n) is 6.05. The van der Waals surface area contributed by atoms with Crippen LogP contribution in [-0.2, 0) is 29.1 Å². The fourth-order valence-electron chi connectivity index (χ4n) is 0. The second-order valence-corrected chi connectivity index (χ2v) is 0.983. The fraction of sp³-hybridized carbons (Fsp3) is 0.500. The largest absolute Gasteiger partial charge is 2.00 e. The molecule has 5 nitrogen and oxygen atoms in total. The normalized spacial score (nSPS) is 5.00. The molecule has 0 aromatic heterocycles. The molecule has 0 heterocycles. The minimum absolute atomic E-state index is 0. The Morgan fingerprint density at radius 2 is 1.00 bits per heavy atom. The Balaban J connectivity index is -0.0000000300. The quantitative estimate of drug-likeness (QED) is 0.441. The van der Waals surface area contributed by atoms with Crippen molar-refractivity contribution < 1.29 is 39.3 Å². The number of hydrogen-bond donors (Lipinski definition) is 1. The van der Waals surface area contributed by atoms with Crippen molar-refractivity contribution in [2.24, 2.45) is 0 Å². The summed E-state index contributed by atoms with van der Waals surface area (Å²) in [5.41, 5.74) is 0. The summed E-state index contributed by atoms with van der Waals surface area (Å²) >= 11 is 0. The van der Waals surface area contributed by atoms with Crippen LogP contribution in [-0.4, -0.2) is 11.9 Å². The van der Waals surface area contributed by atoms with Gasteiger partial charge in [0.1, 0.15) is 0 Å².